The summed E-state index contributed by atoms with van der Waals surface area (Å²) in [5, 5.41) is 2.28. The highest BCUT2D eigenvalue weighted by Gasteiger charge is 2.36. The zero-order valence-electron chi connectivity index (χ0n) is 11.9. The summed E-state index contributed by atoms with van der Waals surface area (Å²) in [5.41, 5.74) is 5.93. The number of carbonyl (C=O) groups excluding carboxylic acids is 3. The number of amides is 3. The predicted molar refractivity (Wildman–Crippen MR) is 73.5 cm³/mol. The molecule has 1 saturated carbocycles. The maximum Gasteiger partial charge on any atom is 0.249 e. The molecule has 1 saturated heterocycles. The Kier molecular flexibility index (Phi) is 4.75. The summed E-state index contributed by atoms with van der Waals surface area (Å²) >= 11 is 0. The third-order valence-corrected chi connectivity index (χ3v) is 4.25. The van der Waals surface area contributed by atoms with Gasteiger partial charge in [0.25, 0.3) is 0 Å². The van der Waals surface area contributed by atoms with E-state index < -0.39 is 11.9 Å². The zero-order chi connectivity index (χ0) is 14.7. The van der Waals surface area contributed by atoms with Crippen molar-refractivity contribution in [1.29, 1.82) is 0 Å². The number of piperazine rings is 1. The Morgan fingerprint density at radius 1 is 1.40 bits per heavy atom. The number of imide groups is 1. The van der Waals surface area contributed by atoms with E-state index in [1.165, 1.54) is 4.90 Å². The number of hydrogen-bond acceptors (Lipinski definition) is 4. The quantitative estimate of drug-likeness (QED) is 0.721. The average molecular weight is 281 g/mol. The molecule has 0 aromatic rings. The van der Waals surface area contributed by atoms with E-state index in [0.717, 1.165) is 25.7 Å². The SMILES string of the molecule is CCC1C(=O)NC(=O)CN1C(=O)CC1CCCC(N)C1. The number of rotatable bonds is 3. The molecule has 2 fully saturated rings. The van der Waals surface area contributed by atoms with Crippen LogP contribution in [0.5, 0.6) is 0 Å². The molecule has 3 unspecified atom stereocenters. The fraction of sp³-hybridized carbons (Fsp3) is 0.786. The van der Waals surface area contributed by atoms with Gasteiger partial charge in [-0.25, -0.2) is 0 Å². The fourth-order valence-corrected chi connectivity index (χ4v) is 3.22. The van der Waals surface area contributed by atoms with Crippen LogP contribution in [-0.4, -0.2) is 41.2 Å². The van der Waals surface area contributed by atoms with Gasteiger partial charge >= 0.3 is 0 Å². The van der Waals surface area contributed by atoms with Crippen LogP contribution in [0.25, 0.3) is 0 Å². The molecule has 0 bridgehead atoms. The minimum atomic E-state index is -0.516. The van der Waals surface area contributed by atoms with Gasteiger partial charge in [0, 0.05) is 12.5 Å². The summed E-state index contributed by atoms with van der Waals surface area (Å²) in [6.07, 6.45) is 4.85. The number of nitrogens with one attached hydrogen (secondary N) is 1. The molecule has 2 aliphatic rings. The lowest BCUT2D eigenvalue weighted by Crippen LogP contribution is -2.59. The Labute approximate surface area is 119 Å². The lowest BCUT2D eigenvalue weighted by molar-refractivity contribution is -0.150. The highest BCUT2D eigenvalue weighted by molar-refractivity contribution is 6.04. The minimum Gasteiger partial charge on any atom is -0.328 e. The third-order valence-electron chi connectivity index (χ3n) is 4.25. The Bertz CT molecular complexity index is 410. The van der Waals surface area contributed by atoms with Crippen LogP contribution >= 0.6 is 0 Å². The lowest BCUT2D eigenvalue weighted by atomic mass is 9.83. The normalized spacial score (nSPS) is 31.1. The second kappa shape index (κ2) is 6.35. The van der Waals surface area contributed by atoms with E-state index in [0.29, 0.717) is 12.8 Å². The summed E-state index contributed by atoms with van der Waals surface area (Å²) in [4.78, 5) is 37.0. The number of nitrogens with zero attached hydrogens (tertiary/aromatic N) is 1. The molecular weight excluding hydrogens is 258 g/mol. The van der Waals surface area contributed by atoms with Gasteiger partial charge in [-0.3, -0.25) is 19.7 Å². The average Bonchev–Trinajstić information content (AvgIpc) is 2.37. The molecule has 112 valence electrons. The van der Waals surface area contributed by atoms with E-state index >= 15 is 0 Å². The summed E-state index contributed by atoms with van der Waals surface area (Å²) in [6.45, 7) is 1.83. The van der Waals surface area contributed by atoms with Gasteiger partial charge in [0.2, 0.25) is 17.7 Å². The molecule has 20 heavy (non-hydrogen) atoms. The molecule has 0 aromatic carbocycles. The van der Waals surface area contributed by atoms with E-state index in [9.17, 15) is 14.4 Å². The standard InChI is InChI=1S/C14H23N3O3/c1-2-11-14(20)16-12(18)8-17(11)13(19)7-9-4-3-5-10(15)6-9/h9-11H,2-8,15H2,1H3,(H,16,18,20). The van der Waals surface area contributed by atoms with Gasteiger partial charge in [-0.2, -0.15) is 0 Å². The fourth-order valence-electron chi connectivity index (χ4n) is 3.22. The predicted octanol–water partition coefficient (Wildman–Crippen LogP) is 0.158. The van der Waals surface area contributed by atoms with Crippen molar-refractivity contribution in [3.8, 4) is 0 Å². The van der Waals surface area contributed by atoms with Crippen molar-refractivity contribution >= 4 is 17.7 Å². The van der Waals surface area contributed by atoms with E-state index in [-0.39, 0.29) is 30.3 Å². The van der Waals surface area contributed by atoms with Crippen LogP contribution < -0.4 is 11.1 Å². The molecule has 1 aliphatic heterocycles. The molecule has 3 amide bonds. The summed E-state index contributed by atoms with van der Waals surface area (Å²) in [5.74, 6) is -0.575. The first kappa shape index (κ1) is 15.0. The van der Waals surface area contributed by atoms with Crippen LogP contribution in [0.1, 0.15) is 45.4 Å². The summed E-state index contributed by atoms with van der Waals surface area (Å²) in [6, 6.07) is -0.340. The van der Waals surface area contributed by atoms with Crippen LogP contribution in [-0.2, 0) is 14.4 Å². The molecule has 0 spiro atoms. The topological polar surface area (TPSA) is 92.5 Å². The molecule has 3 N–H and O–H groups in total. The molecule has 1 heterocycles. The molecule has 3 atom stereocenters. The first-order valence-corrected chi connectivity index (χ1v) is 7.40. The number of nitrogens with two attached hydrogens (primary N) is 1. The molecule has 6 heteroatoms. The van der Waals surface area contributed by atoms with Crippen LogP contribution in [0.4, 0.5) is 0 Å². The van der Waals surface area contributed by atoms with Crippen LogP contribution in [0.15, 0.2) is 0 Å². The van der Waals surface area contributed by atoms with Crippen LogP contribution in [0, 0.1) is 5.92 Å². The van der Waals surface area contributed by atoms with E-state index in [2.05, 4.69) is 5.32 Å². The Balaban J connectivity index is 1.99. The zero-order valence-corrected chi connectivity index (χ0v) is 11.9. The van der Waals surface area contributed by atoms with Gasteiger partial charge in [-0.1, -0.05) is 13.3 Å². The molecule has 0 aromatic heterocycles. The largest absolute Gasteiger partial charge is 0.328 e. The van der Waals surface area contributed by atoms with Crippen LogP contribution in [0.3, 0.4) is 0 Å². The molecular formula is C14H23N3O3. The molecule has 6 nitrogen and oxygen atoms in total. The molecule has 1 aliphatic carbocycles. The highest BCUT2D eigenvalue weighted by atomic mass is 16.2. The molecule has 2 rings (SSSR count). The van der Waals surface area contributed by atoms with Crippen molar-refractivity contribution in [2.24, 2.45) is 11.7 Å². The minimum absolute atomic E-state index is 0.0121. The van der Waals surface area contributed by atoms with Crippen molar-refractivity contribution < 1.29 is 14.4 Å². The smallest absolute Gasteiger partial charge is 0.249 e. The number of hydrogen-bond donors (Lipinski definition) is 2. The van der Waals surface area contributed by atoms with Crippen molar-refractivity contribution in [1.82, 2.24) is 10.2 Å². The lowest BCUT2D eigenvalue weighted by Gasteiger charge is -2.35. The first-order valence-electron chi connectivity index (χ1n) is 7.40. The van der Waals surface area contributed by atoms with Gasteiger partial charge in [-0.15, -0.1) is 0 Å². The van der Waals surface area contributed by atoms with Crippen molar-refractivity contribution in [2.75, 3.05) is 6.54 Å². The van der Waals surface area contributed by atoms with Crippen molar-refractivity contribution in [3.05, 3.63) is 0 Å². The van der Waals surface area contributed by atoms with Crippen LogP contribution in [0.2, 0.25) is 0 Å². The number of carbonyl (C=O) groups is 3. The van der Waals surface area contributed by atoms with Crippen molar-refractivity contribution in [2.45, 2.75) is 57.5 Å². The Hall–Kier alpha value is -1.43. The maximum absolute atomic E-state index is 12.4. The van der Waals surface area contributed by atoms with Gasteiger partial charge in [0.1, 0.15) is 12.6 Å². The monoisotopic (exact) mass is 281 g/mol. The highest BCUT2D eigenvalue weighted by Crippen LogP contribution is 2.27. The van der Waals surface area contributed by atoms with E-state index in [1.807, 2.05) is 6.92 Å². The van der Waals surface area contributed by atoms with Gasteiger partial charge in [0.05, 0.1) is 0 Å². The van der Waals surface area contributed by atoms with Gasteiger partial charge in [-0.05, 0) is 31.6 Å². The third kappa shape index (κ3) is 3.36. The van der Waals surface area contributed by atoms with Gasteiger partial charge in [0.15, 0.2) is 0 Å². The second-order valence-corrected chi connectivity index (χ2v) is 5.85. The molecule has 0 radical (unpaired) electrons. The summed E-state index contributed by atoms with van der Waals surface area (Å²) in [7, 11) is 0. The first-order chi connectivity index (χ1) is 9.51. The second-order valence-electron chi connectivity index (χ2n) is 5.85. The Morgan fingerprint density at radius 2 is 2.15 bits per heavy atom. The van der Waals surface area contributed by atoms with E-state index in [4.69, 9.17) is 5.73 Å². The van der Waals surface area contributed by atoms with E-state index in [1.54, 1.807) is 0 Å². The Morgan fingerprint density at radius 3 is 2.80 bits per heavy atom. The van der Waals surface area contributed by atoms with Crippen molar-refractivity contribution in [3.63, 3.8) is 0 Å². The maximum atomic E-state index is 12.4. The summed E-state index contributed by atoms with van der Waals surface area (Å²) < 4.78 is 0. The van der Waals surface area contributed by atoms with Gasteiger partial charge < -0.3 is 10.6 Å².